The van der Waals surface area contributed by atoms with Gasteiger partial charge in [0.25, 0.3) is 0 Å². The lowest BCUT2D eigenvalue weighted by Crippen LogP contribution is -2.13. The summed E-state index contributed by atoms with van der Waals surface area (Å²) in [4.78, 5) is 11.9. The number of benzene rings is 1. The summed E-state index contributed by atoms with van der Waals surface area (Å²) in [5.74, 6) is 0.619. The van der Waals surface area contributed by atoms with Crippen LogP contribution in [0.4, 0.5) is 11.4 Å². The van der Waals surface area contributed by atoms with Crippen molar-refractivity contribution < 1.29 is 4.79 Å². The zero-order valence-electron chi connectivity index (χ0n) is 11.5. The lowest BCUT2D eigenvalue weighted by atomic mass is 10.2. The van der Waals surface area contributed by atoms with Gasteiger partial charge in [0.2, 0.25) is 5.91 Å². The molecule has 1 aromatic heterocycles. The molecule has 0 aliphatic rings. The second-order valence-electron chi connectivity index (χ2n) is 4.45. The molecule has 0 spiro atoms. The topological polar surface area (TPSA) is 85.8 Å². The van der Waals surface area contributed by atoms with Crippen molar-refractivity contribution in [3.8, 4) is 0 Å². The summed E-state index contributed by atoms with van der Waals surface area (Å²) >= 11 is 1.50. The molecular weight excluding hydrogens is 274 g/mol. The fourth-order valence-corrected chi connectivity index (χ4v) is 2.45. The van der Waals surface area contributed by atoms with E-state index in [-0.39, 0.29) is 5.91 Å². The molecule has 1 amide bonds. The van der Waals surface area contributed by atoms with Gasteiger partial charge in [-0.3, -0.25) is 4.79 Å². The summed E-state index contributed by atoms with van der Waals surface area (Å²) in [7, 11) is 1.87. The fourth-order valence-electron chi connectivity index (χ4n) is 1.63. The maximum Gasteiger partial charge on any atom is 0.225 e. The van der Waals surface area contributed by atoms with E-state index in [1.54, 1.807) is 12.4 Å². The minimum Gasteiger partial charge on any atom is -0.399 e. The van der Waals surface area contributed by atoms with Gasteiger partial charge in [0, 0.05) is 30.6 Å². The fraction of sp³-hybridized carbons (Fsp3) is 0.308. The average molecular weight is 291 g/mol. The number of nitrogens with zero attached hydrogens (tertiary/aromatic N) is 3. The van der Waals surface area contributed by atoms with E-state index in [1.807, 2.05) is 30.7 Å². The molecule has 0 fully saturated rings. The Kier molecular flexibility index (Phi) is 4.62. The number of hydrogen-bond acceptors (Lipinski definition) is 5. The van der Waals surface area contributed by atoms with E-state index in [0.29, 0.717) is 17.9 Å². The van der Waals surface area contributed by atoms with Crippen LogP contribution < -0.4 is 11.1 Å². The maximum atomic E-state index is 11.9. The number of amides is 1. The predicted octanol–water partition coefficient (Wildman–Crippen LogP) is 1.83. The lowest BCUT2D eigenvalue weighted by molar-refractivity contribution is -0.115. The summed E-state index contributed by atoms with van der Waals surface area (Å²) in [5, 5.41) is 11.4. The van der Waals surface area contributed by atoms with Gasteiger partial charge in [-0.15, -0.1) is 10.2 Å². The van der Waals surface area contributed by atoms with E-state index in [4.69, 9.17) is 5.73 Å². The first-order valence-corrected chi connectivity index (χ1v) is 7.17. The van der Waals surface area contributed by atoms with Crippen LogP contribution in [0.5, 0.6) is 0 Å². The summed E-state index contributed by atoms with van der Waals surface area (Å²) < 4.78 is 1.82. The highest BCUT2D eigenvalue weighted by molar-refractivity contribution is 7.99. The van der Waals surface area contributed by atoms with Crippen LogP contribution in [0.15, 0.2) is 29.7 Å². The van der Waals surface area contributed by atoms with Crippen molar-refractivity contribution in [3.05, 3.63) is 30.1 Å². The quantitative estimate of drug-likeness (QED) is 0.648. The minimum absolute atomic E-state index is 0.0339. The molecule has 2 rings (SSSR count). The van der Waals surface area contributed by atoms with Crippen molar-refractivity contribution in [3.63, 3.8) is 0 Å². The number of aryl methyl sites for hydroxylation is 2. The number of hydrogen-bond donors (Lipinski definition) is 2. The van der Waals surface area contributed by atoms with Crippen LogP contribution >= 0.6 is 11.8 Å². The van der Waals surface area contributed by atoms with E-state index in [2.05, 4.69) is 15.5 Å². The van der Waals surface area contributed by atoms with Crippen LogP contribution in [0.1, 0.15) is 12.0 Å². The van der Waals surface area contributed by atoms with Gasteiger partial charge in [0.05, 0.1) is 0 Å². The number of anilines is 2. The molecule has 7 heteroatoms. The highest BCUT2D eigenvalue weighted by Gasteiger charge is 2.07. The molecular formula is C13H17N5OS. The largest absolute Gasteiger partial charge is 0.399 e. The monoisotopic (exact) mass is 291 g/mol. The Labute approximate surface area is 121 Å². The molecule has 0 unspecified atom stereocenters. The molecule has 0 saturated carbocycles. The SMILES string of the molecule is Cc1ccc(N)cc1NC(=O)CCSc1nncn1C. The second kappa shape index (κ2) is 6.42. The third kappa shape index (κ3) is 3.74. The van der Waals surface area contributed by atoms with Gasteiger partial charge in [-0.1, -0.05) is 17.8 Å². The Morgan fingerprint density at radius 1 is 1.50 bits per heavy atom. The zero-order valence-corrected chi connectivity index (χ0v) is 12.3. The third-order valence-electron chi connectivity index (χ3n) is 2.77. The first-order valence-electron chi connectivity index (χ1n) is 6.19. The summed E-state index contributed by atoms with van der Waals surface area (Å²) in [6, 6.07) is 5.47. The average Bonchev–Trinajstić information content (AvgIpc) is 2.80. The van der Waals surface area contributed by atoms with Crippen LogP contribution in [0.2, 0.25) is 0 Å². The number of nitrogens with one attached hydrogen (secondary N) is 1. The Morgan fingerprint density at radius 3 is 3.00 bits per heavy atom. The van der Waals surface area contributed by atoms with Gasteiger partial charge in [0.15, 0.2) is 5.16 Å². The molecule has 0 aliphatic carbocycles. The summed E-state index contributed by atoms with van der Waals surface area (Å²) in [5.41, 5.74) is 8.11. The first-order chi connectivity index (χ1) is 9.56. The molecule has 1 aromatic carbocycles. The van der Waals surface area contributed by atoms with E-state index in [9.17, 15) is 4.79 Å². The van der Waals surface area contributed by atoms with E-state index in [0.717, 1.165) is 16.4 Å². The minimum atomic E-state index is -0.0339. The number of aromatic nitrogens is 3. The van der Waals surface area contributed by atoms with Crippen LogP contribution in [0.25, 0.3) is 0 Å². The molecule has 1 heterocycles. The number of carbonyl (C=O) groups excluding carboxylic acids is 1. The normalized spacial score (nSPS) is 10.5. The van der Waals surface area contributed by atoms with E-state index in [1.165, 1.54) is 11.8 Å². The number of nitrogens with two attached hydrogens (primary N) is 1. The molecule has 0 atom stereocenters. The Morgan fingerprint density at radius 2 is 2.30 bits per heavy atom. The van der Waals surface area contributed by atoms with Crippen LogP contribution in [-0.4, -0.2) is 26.4 Å². The highest BCUT2D eigenvalue weighted by atomic mass is 32.2. The molecule has 106 valence electrons. The van der Waals surface area contributed by atoms with E-state index >= 15 is 0 Å². The zero-order chi connectivity index (χ0) is 14.5. The van der Waals surface area contributed by atoms with E-state index < -0.39 is 0 Å². The Balaban J connectivity index is 1.84. The van der Waals surface area contributed by atoms with Crippen molar-refractivity contribution in [2.24, 2.45) is 7.05 Å². The highest BCUT2D eigenvalue weighted by Crippen LogP contribution is 2.19. The van der Waals surface area contributed by atoms with Crippen molar-refractivity contribution in [1.82, 2.24) is 14.8 Å². The van der Waals surface area contributed by atoms with Crippen LogP contribution in [0.3, 0.4) is 0 Å². The van der Waals surface area contributed by atoms with Crippen molar-refractivity contribution >= 4 is 29.0 Å². The standard InChI is InChI=1S/C13H17N5OS/c1-9-3-4-10(14)7-11(9)16-12(19)5-6-20-13-17-15-8-18(13)2/h3-4,7-8H,5-6,14H2,1-2H3,(H,16,19). The van der Waals surface area contributed by atoms with Gasteiger partial charge < -0.3 is 15.6 Å². The van der Waals surface area contributed by atoms with Gasteiger partial charge in [-0.25, -0.2) is 0 Å². The number of rotatable bonds is 5. The summed E-state index contributed by atoms with van der Waals surface area (Å²) in [6.45, 7) is 1.93. The number of carbonyl (C=O) groups is 1. The Bertz CT molecular complexity index is 611. The Hall–Kier alpha value is -2.02. The smallest absolute Gasteiger partial charge is 0.225 e. The number of thioether (sulfide) groups is 1. The van der Waals surface area contributed by atoms with Gasteiger partial charge in [0.1, 0.15) is 6.33 Å². The van der Waals surface area contributed by atoms with Crippen molar-refractivity contribution in [2.45, 2.75) is 18.5 Å². The van der Waals surface area contributed by atoms with Crippen LogP contribution in [0, 0.1) is 6.92 Å². The third-order valence-corrected chi connectivity index (χ3v) is 3.80. The molecule has 0 aliphatic heterocycles. The number of nitrogen functional groups attached to an aromatic ring is 1. The molecule has 20 heavy (non-hydrogen) atoms. The lowest BCUT2D eigenvalue weighted by Gasteiger charge is -2.09. The molecule has 6 nitrogen and oxygen atoms in total. The molecule has 3 N–H and O–H groups in total. The first kappa shape index (κ1) is 14.4. The second-order valence-corrected chi connectivity index (χ2v) is 5.51. The molecule has 0 bridgehead atoms. The van der Waals surface area contributed by atoms with Gasteiger partial charge in [-0.05, 0) is 24.6 Å². The van der Waals surface area contributed by atoms with Gasteiger partial charge >= 0.3 is 0 Å². The van der Waals surface area contributed by atoms with Crippen LogP contribution in [-0.2, 0) is 11.8 Å². The molecule has 2 aromatic rings. The van der Waals surface area contributed by atoms with Crippen molar-refractivity contribution in [1.29, 1.82) is 0 Å². The maximum absolute atomic E-state index is 11.9. The molecule has 0 saturated heterocycles. The predicted molar refractivity (Wildman–Crippen MR) is 80.6 cm³/mol. The summed E-state index contributed by atoms with van der Waals surface area (Å²) in [6.07, 6.45) is 2.05. The molecule has 0 radical (unpaired) electrons. The van der Waals surface area contributed by atoms with Crippen molar-refractivity contribution in [2.75, 3.05) is 16.8 Å². The van der Waals surface area contributed by atoms with Gasteiger partial charge in [-0.2, -0.15) is 0 Å².